The standard InChI is InChI=1S/C20H14BrN5O2/c21-15-8-6-14(7-9-15)19(27)24-25-20(28)16-12-23-26-17(10-11-22-18(16)26)13-4-2-1-3-5-13/h1-12H,(H,24,27)(H,25,28). The first-order chi connectivity index (χ1) is 13.6. The average Bonchev–Trinajstić information content (AvgIpc) is 3.17. The van der Waals surface area contributed by atoms with Crippen molar-refractivity contribution in [1.29, 1.82) is 0 Å². The highest BCUT2D eigenvalue weighted by atomic mass is 79.9. The number of nitrogens with zero attached hydrogens (tertiary/aromatic N) is 3. The molecule has 0 aliphatic rings. The van der Waals surface area contributed by atoms with E-state index in [2.05, 4.69) is 36.9 Å². The molecule has 0 atom stereocenters. The molecule has 0 aliphatic carbocycles. The normalized spacial score (nSPS) is 10.6. The van der Waals surface area contributed by atoms with E-state index in [1.54, 1.807) is 35.0 Å². The van der Waals surface area contributed by atoms with Crippen LogP contribution in [0.2, 0.25) is 0 Å². The van der Waals surface area contributed by atoms with E-state index >= 15 is 0 Å². The Balaban J connectivity index is 1.55. The van der Waals surface area contributed by atoms with Crippen LogP contribution in [-0.4, -0.2) is 26.4 Å². The monoisotopic (exact) mass is 435 g/mol. The number of amides is 2. The molecule has 0 fully saturated rings. The Kier molecular flexibility index (Phi) is 4.86. The number of hydrogen-bond donors (Lipinski definition) is 2. The van der Waals surface area contributed by atoms with Gasteiger partial charge in [0.25, 0.3) is 11.8 Å². The van der Waals surface area contributed by atoms with Crippen molar-refractivity contribution in [3.05, 3.63) is 88.7 Å². The van der Waals surface area contributed by atoms with Crippen molar-refractivity contribution in [2.45, 2.75) is 0 Å². The van der Waals surface area contributed by atoms with Gasteiger partial charge in [0.15, 0.2) is 5.65 Å². The number of aromatic nitrogens is 3. The van der Waals surface area contributed by atoms with Crippen LogP contribution in [0.1, 0.15) is 20.7 Å². The molecule has 0 bridgehead atoms. The number of nitrogens with one attached hydrogen (secondary N) is 2. The molecule has 0 radical (unpaired) electrons. The second-order valence-corrected chi connectivity index (χ2v) is 6.82. The highest BCUT2D eigenvalue weighted by molar-refractivity contribution is 9.10. The molecule has 7 nitrogen and oxygen atoms in total. The van der Waals surface area contributed by atoms with Crippen LogP contribution in [0.4, 0.5) is 0 Å². The van der Waals surface area contributed by atoms with E-state index in [9.17, 15) is 9.59 Å². The fraction of sp³-hybridized carbons (Fsp3) is 0. The predicted octanol–water partition coefficient (Wildman–Crippen LogP) is 3.23. The van der Waals surface area contributed by atoms with Gasteiger partial charge in [-0.1, -0.05) is 46.3 Å². The Morgan fingerprint density at radius 3 is 2.36 bits per heavy atom. The smallest absolute Gasteiger partial charge is 0.267 e. The molecule has 2 amide bonds. The Bertz CT molecular complexity index is 1160. The number of carbonyl (C=O) groups excluding carboxylic acids is 2. The van der Waals surface area contributed by atoms with Gasteiger partial charge in [0, 0.05) is 21.8 Å². The Hall–Kier alpha value is -3.52. The molecule has 2 aromatic carbocycles. The highest BCUT2D eigenvalue weighted by Gasteiger charge is 2.17. The quantitative estimate of drug-likeness (QED) is 0.483. The third kappa shape index (κ3) is 3.49. The van der Waals surface area contributed by atoms with Crippen molar-refractivity contribution in [2.75, 3.05) is 0 Å². The Labute approximate surface area is 168 Å². The van der Waals surface area contributed by atoms with E-state index in [0.29, 0.717) is 11.2 Å². The molecule has 0 saturated heterocycles. The van der Waals surface area contributed by atoms with Crippen LogP contribution in [0.3, 0.4) is 0 Å². The third-order valence-electron chi connectivity index (χ3n) is 4.11. The molecule has 0 saturated carbocycles. The third-order valence-corrected chi connectivity index (χ3v) is 4.64. The van der Waals surface area contributed by atoms with Crippen LogP contribution in [-0.2, 0) is 0 Å². The van der Waals surface area contributed by atoms with Gasteiger partial charge in [-0.05, 0) is 30.3 Å². The number of fused-ring (bicyclic) bond motifs is 1. The zero-order valence-corrected chi connectivity index (χ0v) is 16.1. The maximum atomic E-state index is 12.5. The Morgan fingerprint density at radius 2 is 1.61 bits per heavy atom. The van der Waals surface area contributed by atoms with Crippen LogP contribution in [0.15, 0.2) is 77.5 Å². The van der Waals surface area contributed by atoms with E-state index in [1.165, 1.54) is 6.20 Å². The summed E-state index contributed by atoms with van der Waals surface area (Å²) in [6.07, 6.45) is 3.05. The average molecular weight is 436 g/mol. The van der Waals surface area contributed by atoms with Crippen molar-refractivity contribution in [3.8, 4) is 11.3 Å². The molecule has 0 unspecified atom stereocenters. The number of carbonyl (C=O) groups is 2. The maximum absolute atomic E-state index is 12.5. The van der Waals surface area contributed by atoms with Gasteiger partial charge in [-0.25, -0.2) is 9.50 Å². The molecule has 4 aromatic rings. The van der Waals surface area contributed by atoms with Crippen LogP contribution in [0, 0.1) is 0 Å². The fourth-order valence-electron chi connectivity index (χ4n) is 2.73. The minimum Gasteiger partial charge on any atom is -0.267 e. The summed E-state index contributed by atoms with van der Waals surface area (Å²) in [4.78, 5) is 29.0. The van der Waals surface area contributed by atoms with E-state index in [4.69, 9.17) is 0 Å². The van der Waals surface area contributed by atoms with Gasteiger partial charge in [0.2, 0.25) is 0 Å². The predicted molar refractivity (Wildman–Crippen MR) is 107 cm³/mol. The molecular formula is C20H14BrN5O2. The highest BCUT2D eigenvalue weighted by Crippen LogP contribution is 2.20. The minimum atomic E-state index is -0.502. The van der Waals surface area contributed by atoms with Crippen LogP contribution in [0.5, 0.6) is 0 Å². The molecule has 8 heteroatoms. The molecule has 4 rings (SSSR count). The number of rotatable bonds is 3. The van der Waals surface area contributed by atoms with Crippen molar-refractivity contribution in [1.82, 2.24) is 25.4 Å². The van der Waals surface area contributed by atoms with E-state index in [1.807, 2.05) is 36.4 Å². The topological polar surface area (TPSA) is 88.4 Å². The summed E-state index contributed by atoms with van der Waals surface area (Å²) in [6.45, 7) is 0. The van der Waals surface area contributed by atoms with E-state index < -0.39 is 11.8 Å². The van der Waals surface area contributed by atoms with E-state index in [-0.39, 0.29) is 5.56 Å². The molecule has 2 heterocycles. The van der Waals surface area contributed by atoms with Gasteiger partial charge in [0.1, 0.15) is 5.56 Å². The SMILES string of the molecule is O=C(NNC(=O)c1cnn2c(-c3ccccc3)ccnc12)c1ccc(Br)cc1. The first-order valence-electron chi connectivity index (χ1n) is 8.38. The van der Waals surface area contributed by atoms with Crippen molar-refractivity contribution in [3.63, 3.8) is 0 Å². The number of hydrogen-bond acceptors (Lipinski definition) is 4. The number of halogens is 1. The largest absolute Gasteiger partial charge is 0.275 e. The van der Waals surface area contributed by atoms with Crippen molar-refractivity contribution in [2.24, 2.45) is 0 Å². The lowest BCUT2D eigenvalue weighted by atomic mass is 10.1. The van der Waals surface area contributed by atoms with E-state index in [0.717, 1.165) is 15.7 Å². The second kappa shape index (κ2) is 7.61. The summed E-state index contributed by atoms with van der Waals surface area (Å²) in [6, 6.07) is 18.3. The molecule has 28 heavy (non-hydrogen) atoms. The van der Waals surface area contributed by atoms with Crippen LogP contribution >= 0.6 is 15.9 Å². The summed E-state index contributed by atoms with van der Waals surface area (Å²) in [5, 5.41) is 4.29. The second-order valence-electron chi connectivity index (χ2n) is 5.90. The summed E-state index contributed by atoms with van der Waals surface area (Å²) in [7, 11) is 0. The van der Waals surface area contributed by atoms with Crippen molar-refractivity contribution < 1.29 is 9.59 Å². The molecular weight excluding hydrogens is 422 g/mol. The van der Waals surface area contributed by atoms with Gasteiger partial charge < -0.3 is 0 Å². The minimum absolute atomic E-state index is 0.258. The molecule has 2 aromatic heterocycles. The molecule has 0 aliphatic heterocycles. The zero-order chi connectivity index (χ0) is 19.5. The number of hydrazine groups is 1. The summed E-state index contributed by atoms with van der Waals surface area (Å²) < 4.78 is 2.46. The van der Waals surface area contributed by atoms with Crippen molar-refractivity contribution >= 4 is 33.4 Å². The first-order valence-corrected chi connectivity index (χ1v) is 9.17. The van der Waals surface area contributed by atoms with Gasteiger partial charge in [-0.2, -0.15) is 5.10 Å². The van der Waals surface area contributed by atoms with Gasteiger partial charge in [0.05, 0.1) is 11.9 Å². The summed E-state index contributed by atoms with van der Waals surface area (Å²) >= 11 is 3.31. The summed E-state index contributed by atoms with van der Waals surface area (Å²) in [5.74, 6) is -0.923. The number of benzene rings is 2. The fourth-order valence-corrected chi connectivity index (χ4v) is 3.00. The van der Waals surface area contributed by atoms with Crippen LogP contribution in [0.25, 0.3) is 16.9 Å². The molecule has 2 N–H and O–H groups in total. The van der Waals surface area contributed by atoms with Gasteiger partial charge in [-0.3, -0.25) is 20.4 Å². The van der Waals surface area contributed by atoms with Gasteiger partial charge >= 0.3 is 0 Å². The maximum Gasteiger partial charge on any atom is 0.275 e. The lowest BCUT2D eigenvalue weighted by Gasteiger charge is -2.07. The summed E-state index contributed by atoms with van der Waals surface area (Å²) in [5.41, 5.74) is 7.65. The molecule has 0 spiro atoms. The zero-order valence-electron chi connectivity index (χ0n) is 14.5. The lowest BCUT2D eigenvalue weighted by Crippen LogP contribution is -2.41. The lowest BCUT2D eigenvalue weighted by molar-refractivity contribution is 0.0847. The first kappa shape index (κ1) is 17.9. The Morgan fingerprint density at radius 1 is 0.893 bits per heavy atom. The van der Waals surface area contributed by atoms with Crippen LogP contribution < -0.4 is 10.9 Å². The van der Waals surface area contributed by atoms with Gasteiger partial charge in [-0.15, -0.1) is 0 Å². The molecule has 138 valence electrons.